The van der Waals surface area contributed by atoms with Gasteiger partial charge < -0.3 is 9.64 Å². The molecule has 0 bridgehead atoms. The van der Waals surface area contributed by atoms with Crippen molar-refractivity contribution in [3.63, 3.8) is 0 Å². The summed E-state index contributed by atoms with van der Waals surface area (Å²) < 4.78 is 33.6. The Balaban J connectivity index is 1.58. The number of fused-ring (bicyclic) bond motifs is 1. The highest BCUT2D eigenvalue weighted by Crippen LogP contribution is 2.32. The van der Waals surface area contributed by atoms with Gasteiger partial charge in [-0.25, -0.2) is 8.78 Å². The number of nitrogens with zero attached hydrogens (tertiary/aromatic N) is 3. The summed E-state index contributed by atoms with van der Waals surface area (Å²) in [4.78, 5) is 19.5. The Morgan fingerprint density at radius 3 is 2.48 bits per heavy atom. The molecule has 3 atom stereocenters. The van der Waals surface area contributed by atoms with Crippen LogP contribution in [0.5, 0.6) is 0 Å². The minimum atomic E-state index is -2.79. The summed E-state index contributed by atoms with van der Waals surface area (Å²) >= 11 is 12.1. The maximum atomic E-state index is 13.9. The highest BCUT2D eigenvalue weighted by Gasteiger charge is 2.49. The average Bonchev–Trinajstić information content (AvgIpc) is 3.24. The summed E-state index contributed by atoms with van der Waals surface area (Å²) in [5.41, 5.74) is 0.795. The monoisotopic (exact) mass is 475 g/mol. The van der Waals surface area contributed by atoms with E-state index >= 15 is 0 Å². The van der Waals surface area contributed by atoms with Crippen LogP contribution < -0.4 is 0 Å². The zero-order valence-electron chi connectivity index (χ0n) is 17.7. The van der Waals surface area contributed by atoms with Crippen molar-refractivity contribution in [2.75, 3.05) is 45.9 Å². The largest absolute Gasteiger partial charge is 0.378 e. The first-order valence-electron chi connectivity index (χ1n) is 10.9. The molecule has 9 heteroatoms. The number of carbonyl (C=O) groups is 1. The van der Waals surface area contributed by atoms with Crippen LogP contribution in [0, 0.1) is 0 Å². The molecule has 0 unspecified atom stereocenters. The Kier molecular flexibility index (Phi) is 7.08. The molecule has 4 rings (SSSR count). The van der Waals surface area contributed by atoms with Crippen LogP contribution >= 0.6 is 23.2 Å². The van der Waals surface area contributed by atoms with Gasteiger partial charge in [-0.1, -0.05) is 29.3 Å². The number of likely N-dealkylation sites (tertiary alicyclic amines) is 1. The van der Waals surface area contributed by atoms with E-state index in [0.717, 1.165) is 38.4 Å². The molecule has 3 fully saturated rings. The van der Waals surface area contributed by atoms with Crippen molar-refractivity contribution in [2.24, 2.45) is 0 Å². The van der Waals surface area contributed by atoms with E-state index in [2.05, 4.69) is 4.90 Å². The van der Waals surface area contributed by atoms with Crippen molar-refractivity contribution in [3.05, 3.63) is 33.8 Å². The van der Waals surface area contributed by atoms with Crippen molar-refractivity contribution in [2.45, 2.75) is 50.2 Å². The molecule has 1 aromatic carbocycles. The number of ether oxygens (including phenoxy) is 1. The molecule has 0 aromatic heterocycles. The zero-order valence-corrected chi connectivity index (χ0v) is 19.2. The third kappa shape index (κ3) is 5.33. The van der Waals surface area contributed by atoms with Gasteiger partial charge in [0.15, 0.2) is 0 Å². The minimum Gasteiger partial charge on any atom is -0.378 e. The van der Waals surface area contributed by atoms with E-state index in [1.807, 2.05) is 9.80 Å². The van der Waals surface area contributed by atoms with Crippen LogP contribution in [-0.2, 0) is 16.0 Å². The first-order valence-corrected chi connectivity index (χ1v) is 11.7. The molecule has 3 heterocycles. The number of rotatable bonds is 5. The second-order valence-corrected chi connectivity index (χ2v) is 9.77. The number of hydrogen-bond acceptors (Lipinski definition) is 4. The third-order valence-corrected chi connectivity index (χ3v) is 7.31. The summed E-state index contributed by atoms with van der Waals surface area (Å²) in [5.74, 6) is -2.81. The molecule has 172 valence electrons. The van der Waals surface area contributed by atoms with Gasteiger partial charge in [0.25, 0.3) is 5.92 Å². The van der Waals surface area contributed by atoms with E-state index in [0.29, 0.717) is 36.3 Å². The Hall–Kier alpha value is -0.990. The molecular formula is C22H29Cl2F2N3O2. The molecule has 31 heavy (non-hydrogen) atoms. The van der Waals surface area contributed by atoms with Gasteiger partial charge in [-0.3, -0.25) is 14.6 Å². The molecule has 1 aromatic rings. The molecule has 3 aliphatic rings. The molecule has 3 saturated heterocycles. The normalized spacial score (nSPS) is 28.0. The van der Waals surface area contributed by atoms with Gasteiger partial charge >= 0.3 is 0 Å². The van der Waals surface area contributed by atoms with Gasteiger partial charge in [0.2, 0.25) is 5.91 Å². The van der Waals surface area contributed by atoms with Crippen LogP contribution in [0.3, 0.4) is 0 Å². The molecule has 0 radical (unpaired) electrons. The summed E-state index contributed by atoms with van der Waals surface area (Å²) in [6, 6.07) is 4.83. The van der Waals surface area contributed by atoms with Gasteiger partial charge in [0.05, 0.1) is 54.4 Å². The van der Waals surface area contributed by atoms with Crippen molar-refractivity contribution in [1.29, 1.82) is 0 Å². The number of halogens is 4. The van der Waals surface area contributed by atoms with Crippen LogP contribution in [0.15, 0.2) is 18.2 Å². The summed E-state index contributed by atoms with van der Waals surface area (Å²) in [7, 11) is 0. The quantitative estimate of drug-likeness (QED) is 0.652. The van der Waals surface area contributed by atoms with Crippen LogP contribution in [-0.4, -0.2) is 90.6 Å². The summed E-state index contributed by atoms with van der Waals surface area (Å²) in [5, 5.41) is 0.867. The minimum absolute atomic E-state index is 0.0117. The topological polar surface area (TPSA) is 36.0 Å². The lowest BCUT2D eigenvalue weighted by Gasteiger charge is -2.54. The lowest BCUT2D eigenvalue weighted by atomic mass is 9.90. The van der Waals surface area contributed by atoms with Crippen molar-refractivity contribution >= 4 is 29.1 Å². The van der Waals surface area contributed by atoms with Gasteiger partial charge in [0, 0.05) is 20.0 Å². The number of benzene rings is 1. The molecule has 5 nitrogen and oxygen atoms in total. The second-order valence-electron chi connectivity index (χ2n) is 8.96. The van der Waals surface area contributed by atoms with Crippen LogP contribution in [0.1, 0.15) is 25.3 Å². The van der Waals surface area contributed by atoms with E-state index in [1.54, 1.807) is 18.2 Å². The molecule has 0 aliphatic carbocycles. The molecule has 3 aliphatic heterocycles. The first-order chi connectivity index (χ1) is 14.7. The number of carbonyl (C=O) groups excluding carboxylic acids is 1. The highest BCUT2D eigenvalue weighted by atomic mass is 35.5. The molecule has 0 saturated carbocycles. The third-order valence-electron chi connectivity index (χ3n) is 6.57. The number of hydrogen-bond donors (Lipinski definition) is 0. The van der Waals surface area contributed by atoms with Gasteiger partial charge in [-0.05, 0) is 43.6 Å². The SMILES string of the molecule is CC(F)(F)CN1CCN(C(=O)Cc2ccc(Cl)c(Cl)c2)[C@H]2[C@H]1COC[C@@H]2N1CCCC1. The van der Waals surface area contributed by atoms with Gasteiger partial charge in [-0.15, -0.1) is 0 Å². The lowest BCUT2D eigenvalue weighted by molar-refractivity contribution is -0.157. The van der Waals surface area contributed by atoms with Crippen LogP contribution in [0.4, 0.5) is 8.78 Å². The van der Waals surface area contributed by atoms with E-state index < -0.39 is 5.92 Å². The molecule has 0 spiro atoms. The maximum absolute atomic E-state index is 13.9. The Morgan fingerprint density at radius 2 is 1.81 bits per heavy atom. The first kappa shape index (κ1) is 23.2. The fraction of sp³-hybridized carbons (Fsp3) is 0.682. The predicted molar refractivity (Wildman–Crippen MR) is 117 cm³/mol. The van der Waals surface area contributed by atoms with Crippen molar-refractivity contribution in [1.82, 2.24) is 14.7 Å². The number of piperazine rings is 1. The average molecular weight is 476 g/mol. The van der Waals surface area contributed by atoms with Gasteiger partial charge in [0.1, 0.15) is 0 Å². The molecular weight excluding hydrogens is 447 g/mol. The van der Waals surface area contributed by atoms with Crippen molar-refractivity contribution in [3.8, 4) is 0 Å². The Morgan fingerprint density at radius 1 is 1.10 bits per heavy atom. The summed E-state index contributed by atoms with van der Waals surface area (Å²) in [6.07, 6.45) is 2.43. The fourth-order valence-electron chi connectivity index (χ4n) is 5.22. The van der Waals surface area contributed by atoms with Gasteiger partial charge in [-0.2, -0.15) is 0 Å². The van der Waals surface area contributed by atoms with E-state index in [1.165, 1.54) is 0 Å². The molecule has 1 amide bonds. The summed E-state index contributed by atoms with van der Waals surface area (Å²) in [6.45, 7) is 4.27. The van der Waals surface area contributed by atoms with Crippen LogP contribution in [0.2, 0.25) is 10.0 Å². The highest BCUT2D eigenvalue weighted by molar-refractivity contribution is 6.42. The second kappa shape index (κ2) is 9.48. The Labute approximate surface area is 192 Å². The van der Waals surface area contributed by atoms with E-state index in [9.17, 15) is 13.6 Å². The van der Waals surface area contributed by atoms with Crippen LogP contribution in [0.25, 0.3) is 0 Å². The predicted octanol–water partition coefficient (Wildman–Crippen LogP) is 3.57. The maximum Gasteiger partial charge on any atom is 0.257 e. The fourth-order valence-corrected chi connectivity index (χ4v) is 5.54. The van der Waals surface area contributed by atoms with E-state index in [-0.39, 0.29) is 37.0 Å². The Bertz CT molecular complexity index is 801. The molecule has 0 N–H and O–H groups in total. The zero-order chi connectivity index (χ0) is 22.2. The number of amides is 1. The smallest absolute Gasteiger partial charge is 0.257 e. The number of alkyl halides is 2. The standard InChI is InChI=1S/C22H29Cl2F2N3O2/c1-22(25,26)14-28-8-9-29(20(30)11-15-4-5-16(23)17(24)10-15)21-18(12-31-13-19(21)28)27-6-2-3-7-27/h4-5,10,18-19,21H,2-3,6-9,11-14H2,1H3/t18-,19+,21+/m0/s1. The van der Waals surface area contributed by atoms with Crippen molar-refractivity contribution < 1.29 is 18.3 Å². The van der Waals surface area contributed by atoms with E-state index in [4.69, 9.17) is 27.9 Å². The lowest BCUT2D eigenvalue weighted by Crippen LogP contribution is -2.72.